The summed E-state index contributed by atoms with van der Waals surface area (Å²) in [5, 5.41) is 3.40. The standard InChI is InChI=1S/C18H18F3N3S/c19-18(20,21)14-6-3-7-15(11-14)23-17(25)24-10-2-1-8-16(24)13-5-4-9-22-12-13/h3-7,9,11-12,16H,1-2,8,10H2,(H,23,25)/t16-/m1/s1. The van der Waals surface area contributed by atoms with Gasteiger partial charge in [0.2, 0.25) is 0 Å². The molecule has 3 nitrogen and oxygen atoms in total. The van der Waals surface area contributed by atoms with E-state index in [1.165, 1.54) is 6.07 Å². The predicted octanol–water partition coefficient (Wildman–Crippen LogP) is 5.02. The highest BCUT2D eigenvalue weighted by molar-refractivity contribution is 7.80. The molecule has 25 heavy (non-hydrogen) atoms. The van der Waals surface area contributed by atoms with Crippen LogP contribution < -0.4 is 5.32 Å². The molecule has 0 amide bonds. The summed E-state index contributed by atoms with van der Waals surface area (Å²) in [6.45, 7) is 0.768. The van der Waals surface area contributed by atoms with Crippen molar-refractivity contribution in [3.63, 3.8) is 0 Å². The van der Waals surface area contributed by atoms with E-state index >= 15 is 0 Å². The van der Waals surface area contributed by atoms with Crippen molar-refractivity contribution in [3.8, 4) is 0 Å². The Morgan fingerprint density at radius 2 is 2.04 bits per heavy atom. The maximum atomic E-state index is 12.9. The van der Waals surface area contributed by atoms with Crippen molar-refractivity contribution < 1.29 is 13.2 Å². The number of pyridine rings is 1. The lowest BCUT2D eigenvalue weighted by atomic mass is 9.97. The van der Waals surface area contributed by atoms with Crippen LogP contribution in [0.5, 0.6) is 0 Å². The van der Waals surface area contributed by atoms with Crippen LogP contribution in [0.4, 0.5) is 18.9 Å². The third-order valence-electron chi connectivity index (χ3n) is 4.27. The van der Waals surface area contributed by atoms with Crippen LogP contribution in [-0.4, -0.2) is 21.5 Å². The largest absolute Gasteiger partial charge is 0.416 e. The van der Waals surface area contributed by atoms with Crippen LogP contribution in [-0.2, 0) is 6.18 Å². The van der Waals surface area contributed by atoms with Crippen molar-refractivity contribution in [2.75, 3.05) is 11.9 Å². The van der Waals surface area contributed by atoms with E-state index in [4.69, 9.17) is 12.2 Å². The number of piperidine rings is 1. The number of hydrogen-bond acceptors (Lipinski definition) is 2. The molecule has 1 aliphatic rings. The van der Waals surface area contributed by atoms with Crippen LogP contribution >= 0.6 is 12.2 Å². The molecule has 132 valence electrons. The van der Waals surface area contributed by atoms with Gasteiger partial charge in [-0.1, -0.05) is 12.1 Å². The first kappa shape index (κ1) is 17.7. The molecule has 2 heterocycles. The van der Waals surface area contributed by atoms with E-state index in [-0.39, 0.29) is 6.04 Å². The quantitative estimate of drug-likeness (QED) is 0.756. The summed E-state index contributed by atoms with van der Waals surface area (Å²) in [7, 11) is 0. The molecular weight excluding hydrogens is 347 g/mol. The molecule has 1 saturated heterocycles. The molecule has 0 unspecified atom stereocenters. The minimum absolute atomic E-state index is 0.0910. The van der Waals surface area contributed by atoms with E-state index in [0.717, 1.165) is 43.5 Å². The average Bonchev–Trinajstić information content (AvgIpc) is 2.62. The first-order valence-corrected chi connectivity index (χ1v) is 8.51. The number of nitrogens with zero attached hydrogens (tertiary/aromatic N) is 2. The van der Waals surface area contributed by atoms with E-state index in [2.05, 4.69) is 10.3 Å². The second-order valence-electron chi connectivity index (χ2n) is 6.00. The smallest absolute Gasteiger partial charge is 0.342 e. The van der Waals surface area contributed by atoms with Crippen molar-refractivity contribution in [3.05, 3.63) is 59.9 Å². The molecule has 1 atom stereocenters. The zero-order chi connectivity index (χ0) is 17.9. The number of nitrogens with one attached hydrogen (secondary N) is 1. The number of rotatable bonds is 2. The topological polar surface area (TPSA) is 28.2 Å². The Morgan fingerprint density at radius 1 is 1.20 bits per heavy atom. The minimum atomic E-state index is -4.37. The van der Waals surface area contributed by atoms with Gasteiger partial charge in [0.25, 0.3) is 0 Å². The molecule has 0 bridgehead atoms. The SMILES string of the molecule is FC(F)(F)c1cccc(NC(=S)N2CCCC[C@@H]2c2cccnc2)c1. The molecule has 0 aliphatic carbocycles. The number of likely N-dealkylation sites (tertiary alicyclic amines) is 1. The fourth-order valence-corrected chi connectivity index (χ4v) is 3.40. The number of aromatic nitrogens is 1. The molecule has 7 heteroatoms. The first-order valence-electron chi connectivity index (χ1n) is 8.10. The van der Waals surface area contributed by atoms with Crippen molar-refractivity contribution in [1.82, 2.24) is 9.88 Å². The lowest BCUT2D eigenvalue weighted by molar-refractivity contribution is -0.137. The molecule has 1 N–H and O–H groups in total. The second kappa shape index (κ2) is 7.39. The Morgan fingerprint density at radius 3 is 2.76 bits per heavy atom. The van der Waals surface area contributed by atoms with Gasteiger partial charge in [0, 0.05) is 24.6 Å². The average molecular weight is 365 g/mol. The summed E-state index contributed by atoms with van der Waals surface area (Å²) < 4.78 is 38.6. The molecule has 0 radical (unpaired) electrons. The fourth-order valence-electron chi connectivity index (χ4n) is 3.06. The van der Waals surface area contributed by atoms with Gasteiger partial charge in [0.15, 0.2) is 5.11 Å². The van der Waals surface area contributed by atoms with E-state index in [9.17, 15) is 13.2 Å². The maximum Gasteiger partial charge on any atom is 0.416 e. The molecule has 0 saturated carbocycles. The minimum Gasteiger partial charge on any atom is -0.342 e. The van der Waals surface area contributed by atoms with Crippen molar-refractivity contribution in [1.29, 1.82) is 0 Å². The second-order valence-corrected chi connectivity index (χ2v) is 6.39. The summed E-state index contributed by atoms with van der Waals surface area (Å²) in [5.41, 5.74) is 0.716. The summed E-state index contributed by atoms with van der Waals surface area (Å²) in [6.07, 6.45) is 2.19. The molecule has 1 aromatic heterocycles. The number of thiocarbonyl (C=S) groups is 1. The highest BCUT2D eigenvalue weighted by Gasteiger charge is 2.31. The summed E-state index contributed by atoms with van der Waals surface area (Å²) in [5.74, 6) is 0. The van der Waals surface area contributed by atoms with Crippen molar-refractivity contribution >= 4 is 23.0 Å². The Balaban J connectivity index is 1.77. The van der Waals surface area contributed by atoms with E-state index in [0.29, 0.717) is 10.8 Å². The van der Waals surface area contributed by atoms with Crippen LogP contribution in [0.2, 0.25) is 0 Å². The number of halogens is 3. The zero-order valence-corrected chi connectivity index (χ0v) is 14.3. The van der Waals surface area contributed by atoms with Crippen LogP contribution in [0.1, 0.15) is 36.4 Å². The van der Waals surface area contributed by atoms with Gasteiger partial charge < -0.3 is 10.2 Å². The molecule has 1 aromatic carbocycles. The summed E-state index contributed by atoms with van der Waals surface area (Å²) in [4.78, 5) is 6.20. The van der Waals surface area contributed by atoms with Gasteiger partial charge in [-0.15, -0.1) is 0 Å². The molecule has 1 fully saturated rings. The van der Waals surface area contributed by atoms with Gasteiger partial charge in [-0.25, -0.2) is 0 Å². The van der Waals surface area contributed by atoms with Gasteiger partial charge in [0.05, 0.1) is 11.6 Å². The normalized spacial score (nSPS) is 18.0. The Bertz CT molecular complexity index is 734. The molecular formula is C18H18F3N3S. The van der Waals surface area contributed by atoms with Crippen LogP contribution in [0.25, 0.3) is 0 Å². The van der Waals surface area contributed by atoms with Crippen molar-refractivity contribution in [2.45, 2.75) is 31.5 Å². The highest BCUT2D eigenvalue weighted by atomic mass is 32.1. The monoisotopic (exact) mass is 365 g/mol. The molecule has 0 spiro atoms. The number of alkyl halides is 3. The van der Waals surface area contributed by atoms with Gasteiger partial charge in [-0.2, -0.15) is 13.2 Å². The Kier molecular flexibility index (Phi) is 5.22. The molecule has 1 aliphatic heterocycles. The lowest BCUT2D eigenvalue weighted by Gasteiger charge is -2.37. The van der Waals surface area contributed by atoms with Crippen LogP contribution in [0.15, 0.2) is 48.8 Å². The van der Waals surface area contributed by atoms with Gasteiger partial charge in [0.1, 0.15) is 0 Å². The number of hydrogen-bond donors (Lipinski definition) is 1. The third kappa shape index (κ3) is 4.28. The van der Waals surface area contributed by atoms with E-state index < -0.39 is 11.7 Å². The van der Waals surface area contributed by atoms with Crippen LogP contribution in [0.3, 0.4) is 0 Å². The zero-order valence-electron chi connectivity index (χ0n) is 13.5. The number of benzene rings is 1. The number of anilines is 1. The highest BCUT2D eigenvalue weighted by Crippen LogP contribution is 2.33. The predicted molar refractivity (Wildman–Crippen MR) is 95.2 cm³/mol. The van der Waals surface area contributed by atoms with Gasteiger partial charge in [-0.05, 0) is 61.3 Å². The van der Waals surface area contributed by atoms with Crippen LogP contribution in [0, 0.1) is 0 Å². The maximum absolute atomic E-state index is 12.9. The summed E-state index contributed by atoms with van der Waals surface area (Å²) >= 11 is 5.48. The fraction of sp³-hybridized carbons (Fsp3) is 0.333. The Hall–Kier alpha value is -2.15. The lowest BCUT2D eigenvalue weighted by Crippen LogP contribution is -2.41. The van der Waals surface area contributed by atoms with Gasteiger partial charge in [-0.3, -0.25) is 4.98 Å². The van der Waals surface area contributed by atoms with E-state index in [1.807, 2.05) is 23.2 Å². The van der Waals surface area contributed by atoms with Crippen molar-refractivity contribution in [2.24, 2.45) is 0 Å². The summed E-state index contributed by atoms with van der Waals surface area (Å²) in [6, 6.07) is 9.07. The van der Waals surface area contributed by atoms with Gasteiger partial charge >= 0.3 is 6.18 Å². The molecule has 2 aromatic rings. The van der Waals surface area contributed by atoms with E-state index in [1.54, 1.807) is 12.3 Å². The Labute approximate surface area is 149 Å². The molecule has 3 rings (SSSR count). The first-order chi connectivity index (χ1) is 11.9. The third-order valence-corrected chi connectivity index (χ3v) is 4.61.